The molecule has 0 bridgehead atoms. The van der Waals surface area contributed by atoms with Gasteiger partial charge >= 0.3 is 24.2 Å². The summed E-state index contributed by atoms with van der Waals surface area (Å²) in [5.74, 6) is -3.42. The van der Waals surface area contributed by atoms with Gasteiger partial charge in [0.15, 0.2) is 0 Å². The molecule has 4 rings (SSSR count). The van der Waals surface area contributed by atoms with Gasteiger partial charge in [-0.3, -0.25) is 24.8 Å². The highest BCUT2D eigenvalue weighted by Crippen LogP contribution is 2.24. The highest BCUT2D eigenvalue weighted by Gasteiger charge is 2.40. The van der Waals surface area contributed by atoms with Gasteiger partial charge in [0.25, 0.3) is 5.91 Å². The van der Waals surface area contributed by atoms with Gasteiger partial charge in [-0.1, -0.05) is 146 Å². The van der Waals surface area contributed by atoms with E-state index in [-0.39, 0.29) is 45.8 Å². The first-order valence-electron chi connectivity index (χ1n) is 28.8. The summed E-state index contributed by atoms with van der Waals surface area (Å²) < 4.78 is 38.6. The monoisotopic (exact) mass is 1180 g/mol. The number of ether oxygens (including phenoxy) is 7. The molecule has 0 saturated heterocycles. The zero-order chi connectivity index (χ0) is 62.7. The van der Waals surface area contributed by atoms with Crippen LogP contribution in [0.5, 0.6) is 0 Å². The third kappa shape index (κ3) is 25.8. The van der Waals surface area contributed by atoms with Gasteiger partial charge in [-0.2, -0.15) is 0 Å². The maximum atomic E-state index is 15.4. The predicted molar refractivity (Wildman–Crippen MR) is 322 cm³/mol. The first-order valence-corrected chi connectivity index (χ1v) is 28.8. The molecule has 0 spiro atoms. The van der Waals surface area contributed by atoms with Gasteiger partial charge in [-0.15, -0.1) is 0 Å². The van der Waals surface area contributed by atoms with Gasteiger partial charge in [-0.25, -0.2) is 24.2 Å². The molecule has 0 saturated carbocycles. The molecule has 0 radical (unpaired) electrons. The summed E-state index contributed by atoms with van der Waals surface area (Å²) in [6, 6.07) is 19.5. The van der Waals surface area contributed by atoms with Gasteiger partial charge < -0.3 is 59.7 Å². The number of dihydropyridines is 1. The zero-order valence-electron chi connectivity index (χ0n) is 51.9. The van der Waals surface area contributed by atoms with Crippen LogP contribution in [-0.2, 0) is 71.7 Å². The Morgan fingerprint density at radius 3 is 1.71 bits per heavy atom. The number of hydrogen-bond donors (Lipinski definition) is 6. The Kier molecular flexibility index (Phi) is 28.5. The van der Waals surface area contributed by atoms with Crippen molar-refractivity contribution in [1.82, 2.24) is 37.0 Å². The summed E-state index contributed by atoms with van der Waals surface area (Å²) in [4.78, 5) is 104. The number of nitrogens with zero attached hydrogens (tertiary/aromatic N) is 2. The topological polar surface area (TPSA) is 272 Å². The maximum absolute atomic E-state index is 15.4. The number of alkyl carbamates (subject to hydrolysis) is 3. The van der Waals surface area contributed by atoms with Crippen molar-refractivity contribution in [3.8, 4) is 0 Å². The number of hydrazine groups is 1. The molecule has 468 valence electrons. The molecular weight excluding hydrogens is 1090 g/mol. The van der Waals surface area contributed by atoms with Gasteiger partial charge in [0.05, 0.1) is 58.4 Å². The van der Waals surface area contributed by atoms with Crippen LogP contribution in [0, 0.1) is 16.7 Å². The predicted octanol–water partition coefficient (Wildman–Crippen LogP) is 6.78. The van der Waals surface area contributed by atoms with E-state index in [1.165, 1.54) is 12.1 Å². The van der Waals surface area contributed by atoms with E-state index < -0.39 is 101 Å². The number of benzene rings is 3. The molecule has 1 aliphatic rings. The average Bonchev–Trinajstić information content (AvgIpc) is 3.07. The fourth-order valence-electron chi connectivity index (χ4n) is 8.79. The molecule has 6 N–H and O–H groups in total. The lowest BCUT2D eigenvalue weighted by molar-refractivity contribution is -0.157. The molecule has 0 aliphatic carbocycles. The molecule has 22 heteroatoms. The van der Waals surface area contributed by atoms with E-state index in [9.17, 15) is 24.0 Å². The number of amides is 6. The summed E-state index contributed by atoms with van der Waals surface area (Å²) in [6.07, 6.45) is 0.845. The molecular formula is C63H92N8O14. The minimum Gasteiger partial charge on any atom is -0.457 e. The van der Waals surface area contributed by atoms with Crippen LogP contribution in [0.4, 0.5) is 14.4 Å². The molecule has 0 fully saturated rings. The smallest absolute Gasteiger partial charge is 0.408 e. The van der Waals surface area contributed by atoms with E-state index in [0.29, 0.717) is 43.1 Å². The molecule has 0 aromatic heterocycles. The van der Waals surface area contributed by atoms with E-state index in [4.69, 9.17) is 33.2 Å². The van der Waals surface area contributed by atoms with E-state index in [1.54, 1.807) is 108 Å². The normalized spacial score (nSPS) is 14.7. The van der Waals surface area contributed by atoms with Crippen LogP contribution >= 0.6 is 0 Å². The quantitative estimate of drug-likeness (QED) is 0.0168. The second-order valence-corrected chi connectivity index (χ2v) is 24.1. The second kappa shape index (κ2) is 34.5. The third-order valence-corrected chi connectivity index (χ3v) is 13.2. The Hall–Kier alpha value is -7.40. The number of aliphatic imine (C=N–C) groups is 1. The average molecular weight is 1190 g/mol. The summed E-state index contributed by atoms with van der Waals surface area (Å²) in [5, 5.41) is 15.6. The van der Waals surface area contributed by atoms with Crippen molar-refractivity contribution in [3.05, 3.63) is 119 Å². The molecule has 6 amide bonds. The zero-order valence-corrected chi connectivity index (χ0v) is 51.9. The standard InChI is InChI=1S/C63H92N8O14/c1-42(2)51(67-60(78)85-63(9,10)11)54(72)66-49(39-44-24-18-15-19-25-44)57(75)84-50(41-71(70-56(74)53(62(6,7)8)68-58(76)80-13)40-45-27-29-46(30-28-45)47-26-20-21-31-64-47)48(38-43-22-16-14-17-23-43)65-55(73)52(61(3,4)5)69-59(77)83-37-36-82-35-34-81-33-32-79-12/h14-20,22-30,42,48-53H,21,31-41H2,1-13H3,(H,65,73)(H,66,72)(H,67,78)(H,68,76)(H,69,77)(H,70,74). The molecule has 85 heavy (non-hydrogen) atoms. The van der Waals surface area contributed by atoms with Crippen LogP contribution in [0.15, 0.2) is 102 Å². The fourth-order valence-corrected chi connectivity index (χ4v) is 8.79. The number of carbonyl (C=O) groups excluding carboxylic acids is 7. The Morgan fingerprint density at radius 2 is 1.16 bits per heavy atom. The molecule has 3 aromatic carbocycles. The third-order valence-electron chi connectivity index (χ3n) is 13.2. The van der Waals surface area contributed by atoms with E-state index in [2.05, 4.69) is 43.1 Å². The van der Waals surface area contributed by atoms with Crippen LogP contribution in [0.2, 0.25) is 0 Å². The minimum absolute atomic E-state index is 0.0113. The summed E-state index contributed by atoms with van der Waals surface area (Å²) in [5.41, 5.74) is 4.07. The van der Waals surface area contributed by atoms with E-state index in [0.717, 1.165) is 17.7 Å². The number of hydrogen-bond acceptors (Lipinski definition) is 16. The lowest BCUT2D eigenvalue weighted by atomic mass is 9.85. The molecule has 6 unspecified atom stereocenters. The van der Waals surface area contributed by atoms with Crippen molar-refractivity contribution < 1.29 is 66.7 Å². The van der Waals surface area contributed by atoms with Crippen molar-refractivity contribution in [1.29, 1.82) is 0 Å². The largest absolute Gasteiger partial charge is 0.457 e. The number of nitrogens with one attached hydrogen (secondary N) is 6. The van der Waals surface area contributed by atoms with Gasteiger partial charge in [0.1, 0.15) is 42.5 Å². The molecule has 3 aromatic rings. The Labute approximate surface area is 501 Å². The highest BCUT2D eigenvalue weighted by atomic mass is 16.6. The first-order chi connectivity index (χ1) is 40.2. The Bertz CT molecular complexity index is 2650. The molecule has 6 atom stereocenters. The number of carbonyl (C=O) groups is 7. The minimum atomic E-state index is -1.40. The van der Waals surface area contributed by atoms with Gasteiger partial charge in [0.2, 0.25) is 11.8 Å². The number of methoxy groups -OCH3 is 2. The van der Waals surface area contributed by atoms with Crippen molar-refractivity contribution in [2.45, 2.75) is 144 Å². The van der Waals surface area contributed by atoms with Crippen LogP contribution in [0.1, 0.15) is 105 Å². The summed E-state index contributed by atoms with van der Waals surface area (Å²) in [7, 11) is 2.76. The second-order valence-electron chi connectivity index (χ2n) is 24.1. The highest BCUT2D eigenvalue weighted by molar-refractivity contribution is 6.09. The lowest BCUT2D eigenvalue weighted by Gasteiger charge is -2.37. The Morgan fingerprint density at radius 1 is 0.600 bits per heavy atom. The summed E-state index contributed by atoms with van der Waals surface area (Å²) >= 11 is 0. The molecule has 1 heterocycles. The van der Waals surface area contributed by atoms with Crippen molar-refractivity contribution in [2.24, 2.45) is 21.7 Å². The van der Waals surface area contributed by atoms with Crippen LogP contribution < -0.4 is 32.0 Å². The first kappa shape index (κ1) is 70.1. The lowest BCUT2D eigenvalue weighted by Crippen LogP contribution is -2.62. The fraction of sp³-hybridized carbons (Fsp3) is 0.556. The number of allylic oxidation sites excluding steroid dienone is 1. The van der Waals surface area contributed by atoms with Crippen LogP contribution in [0.3, 0.4) is 0 Å². The van der Waals surface area contributed by atoms with Crippen LogP contribution in [0.25, 0.3) is 0 Å². The van der Waals surface area contributed by atoms with Gasteiger partial charge in [0, 0.05) is 26.6 Å². The number of rotatable bonds is 31. The van der Waals surface area contributed by atoms with Crippen molar-refractivity contribution in [3.63, 3.8) is 0 Å². The summed E-state index contributed by atoms with van der Waals surface area (Å²) in [6.45, 7) is 20.8. The van der Waals surface area contributed by atoms with E-state index in [1.807, 2.05) is 66.7 Å². The number of esters is 1. The van der Waals surface area contributed by atoms with Crippen molar-refractivity contribution in [2.75, 3.05) is 67.0 Å². The van der Waals surface area contributed by atoms with Crippen LogP contribution in [-0.4, -0.2) is 162 Å². The van der Waals surface area contributed by atoms with Gasteiger partial charge in [-0.05, 0) is 78.7 Å². The molecule has 1 aliphatic heterocycles. The van der Waals surface area contributed by atoms with E-state index >= 15 is 9.59 Å². The SMILES string of the molecule is COCCOCCOCCOC(=O)NC(C(=O)NC(Cc1ccccc1)C(CN(Cc1ccc(C2=NCCC=C2)cc1)NC(=O)C(NC(=O)OC)C(C)(C)C)OC(=O)C(Cc1ccccc1)NC(=O)C(NC(=O)OC(C)(C)C)C(C)C)C(C)(C)C. The van der Waals surface area contributed by atoms with Crippen molar-refractivity contribution >= 4 is 47.7 Å². The maximum Gasteiger partial charge on any atom is 0.408 e. The Balaban J connectivity index is 1.87. The molecule has 22 nitrogen and oxygen atoms in total.